The van der Waals surface area contributed by atoms with Crippen molar-refractivity contribution in [1.82, 2.24) is 14.5 Å². The van der Waals surface area contributed by atoms with Gasteiger partial charge in [-0.2, -0.15) is 0 Å². The molecule has 5 nitrogen and oxygen atoms in total. The van der Waals surface area contributed by atoms with E-state index in [1.54, 1.807) is 18.1 Å². The van der Waals surface area contributed by atoms with Gasteiger partial charge in [-0.15, -0.1) is 0 Å². The Hall–Kier alpha value is -1.36. The van der Waals surface area contributed by atoms with E-state index in [1.807, 2.05) is 6.20 Å². The third-order valence-electron chi connectivity index (χ3n) is 4.25. The van der Waals surface area contributed by atoms with Crippen molar-refractivity contribution in [1.29, 1.82) is 0 Å². The average Bonchev–Trinajstić information content (AvgIpc) is 3.15. The minimum atomic E-state index is -0.364. The van der Waals surface area contributed by atoms with Crippen molar-refractivity contribution in [2.45, 2.75) is 44.2 Å². The Bertz CT molecular complexity index is 467. The van der Waals surface area contributed by atoms with Gasteiger partial charge >= 0.3 is 0 Å². The predicted molar refractivity (Wildman–Crippen MR) is 70.6 cm³/mol. The molecule has 1 amide bonds. The van der Waals surface area contributed by atoms with Crippen LogP contribution < -0.4 is 0 Å². The van der Waals surface area contributed by atoms with E-state index < -0.39 is 0 Å². The normalized spacial score (nSPS) is 23.8. The van der Waals surface area contributed by atoms with Gasteiger partial charge in [0, 0.05) is 32.5 Å². The van der Waals surface area contributed by atoms with Crippen LogP contribution in [0, 0.1) is 5.92 Å². The monoisotopic (exact) mass is 263 g/mol. The van der Waals surface area contributed by atoms with Gasteiger partial charge in [-0.1, -0.05) is 0 Å². The molecular weight excluding hydrogens is 242 g/mol. The van der Waals surface area contributed by atoms with E-state index in [1.165, 1.54) is 0 Å². The van der Waals surface area contributed by atoms with Crippen LogP contribution in [0.5, 0.6) is 0 Å². The number of aryl methyl sites for hydroxylation is 1. The first-order valence-corrected chi connectivity index (χ1v) is 7.11. The Labute approximate surface area is 113 Å². The molecule has 1 N–H and O–H groups in total. The molecule has 1 saturated carbocycles. The first kappa shape index (κ1) is 12.7. The molecule has 3 rings (SSSR count). The number of nitrogens with zero attached hydrogens (tertiary/aromatic N) is 3. The fraction of sp³-hybridized carbons (Fsp3) is 0.714. The number of amides is 1. The smallest absolute Gasteiger partial charge is 0.233 e. The minimum absolute atomic E-state index is 0.0897. The molecule has 1 aromatic rings. The third-order valence-corrected chi connectivity index (χ3v) is 4.25. The molecule has 2 unspecified atom stereocenters. The van der Waals surface area contributed by atoms with Crippen LogP contribution in [-0.4, -0.2) is 45.2 Å². The van der Waals surface area contributed by atoms with Crippen LogP contribution in [0.3, 0.4) is 0 Å². The number of imidazole rings is 1. The van der Waals surface area contributed by atoms with Gasteiger partial charge in [0.15, 0.2) is 0 Å². The third kappa shape index (κ3) is 2.52. The zero-order valence-corrected chi connectivity index (χ0v) is 11.3. The number of carbonyl (C=O) groups excluding carboxylic acids is 1. The number of aliphatic hydroxyl groups is 1. The quantitative estimate of drug-likeness (QED) is 0.881. The molecule has 5 heteroatoms. The van der Waals surface area contributed by atoms with Crippen molar-refractivity contribution in [3.63, 3.8) is 0 Å². The molecule has 2 atom stereocenters. The highest BCUT2D eigenvalue weighted by Crippen LogP contribution is 2.33. The van der Waals surface area contributed by atoms with Gasteiger partial charge in [0.05, 0.1) is 12.0 Å². The van der Waals surface area contributed by atoms with Crippen molar-refractivity contribution in [3.05, 3.63) is 18.2 Å². The van der Waals surface area contributed by atoms with Gasteiger partial charge in [-0.25, -0.2) is 4.98 Å². The van der Waals surface area contributed by atoms with E-state index >= 15 is 0 Å². The van der Waals surface area contributed by atoms with Gasteiger partial charge < -0.3 is 14.6 Å². The molecule has 104 valence electrons. The summed E-state index contributed by atoms with van der Waals surface area (Å²) in [6, 6.07) is 0. The molecule has 1 aliphatic carbocycles. The van der Waals surface area contributed by atoms with Gasteiger partial charge in [0.2, 0.25) is 5.91 Å². The van der Waals surface area contributed by atoms with E-state index in [4.69, 9.17) is 0 Å². The number of hydrogen-bond donors (Lipinski definition) is 1. The first-order chi connectivity index (χ1) is 9.16. The molecule has 0 spiro atoms. The summed E-state index contributed by atoms with van der Waals surface area (Å²) < 4.78 is 2.07. The second-order valence-corrected chi connectivity index (χ2v) is 5.80. The molecule has 2 aliphatic rings. The molecule has 0 radical (unpaired) electrons. The number of likely N-dealkylation sites (N-methyl/N-ethyl adjacent to an activating group) is 1. The molecule has 2 heterocycles. The summed E-state index contributed by atoms with van der Waals surface area (Å²) in [5.74, 6) is 1.24. The largest absolute Gasteiger partial charge is 0.391 e. The Morgan fingerprint density at radius 2 is 2.37 bits per heavy atom. The second kappa shape index (κ2) is 4.96. The lowest BCUT2D eigenvalue weighted by Crippen LogP contribution is -2.39. The van der Waals surface area contributed by atoms with Crippen molar-refractivity contribution in [2.75, 3.05) is 13.6 Å². The van der Waals surface area contributed by atoms with Crippen LogP contribution in [-0.2, 0) is 11.3 Å². The Morgan fingerprint density at radius 3 is 3.11 bits per heavy atom. The van der Waals surface area contributed by atoms with Crippen molar-refractivity contribution < 1.29 is 9.90 Å². The molecule has 1 aliphatic heterocycles. The fourth-order valence-electron chi connectivity index (χ4n) is 2.92. The lowest BCUT2D eigenvalue weighted by Gasteiger charge is -2.28. The van der Waals surface area contributed by atoms with Gasteiger partial charge in [0.25, 0.3) is 0 Å². The Kier molecular flexibility index (Phi) is 3.31. The first-order valence-electron chi connectivity index (χ1n) is 7.11. The molecule has 1 fully saturated rings. The Morgan fingerprint density at radius 1 is 1.58 bits per heavy atom. The lowest BCUT2D eigenvalue weighted by atomic mass is 9.97. The van der Waals surface area contributed by atoms with Gasteiger partial charge in [0.1, 0.15) is 5.82 Å². The van der Waals surface area contributed by atoms with Crippen molar-refractivity contribution >= 4 is 5.91 Å². The number of fused-ring (bicyclic) bond motifs is 1. The van der Waals surface area contributed by atoms with Crippen molar-refractivity contribution in [2.24, 2.45) is 5.92 Å². The molecule has 0 saturated heterocycles. The zero-order valence-electron chi connectivity index (χ0n) is 11.3. The molecule has 1 aromatic heterocycles. The van der Waals surface area contributed by atoms with Crippen LogP contribution in [0.4, 0.5) is 0 Å². The molecule has 19 heavy (non-hydrogen) atoms. The fourth-order valence-corrected chi connectivity index (χ4v) is 2.92. The standard InChI is InChI=1S/C14H21N3O2/c1-16(9-12(18)10-4-5-10)14(19)11-3-2-7-17-8-6-15-13(11)17/h6,8,10-12,18H,2-5,7,9H2,1H3. The lowest BCUT2D eigenvalue weighted by molar-refractivity contribution is -0.133. The predicted octanol–water partition coefficient (Wildman–Crippen LogP) is 0.990. The highest BCUT2D eigenvalue weighted by Gasteiger charge is 2.34. The van der Waals surface area contributed by atoms with Crippen LogP contribution in [0.25, 0.3) is 0 Å². The maximum atomic E-state index is 12.5. The van der Waals surface area contributed by atoms with E-state index in [0.29, 0.717) is 12.5 Å². The van der Waals surface area contributed by atoms with E-state index in [2.05, 4.69) is 9.55 Å². The Balaban J connectivity index is 1.67. The summed E-state index contributed by atoms with van der Waals surface area (Å²) in [5.41, 5.74) is 0. The van der Waals surface area contributed by atoms with E-state index in [-0.39, 0.29) is 17.9 Å². The summed E-state index contributed by atoms with van der Waals surface area (Å²) in [4.78, 5) is 18.5. The van der Waals surface area contributed by atoms with Crippen LogP contribution in [0.1, 0.15) is 37.4 Å². The number of rotatable bonds is 4. The summed E-state index contributed by atoms with van der Waals surface area (Å²) in [5, 5.41) is 9.95. The SMILES string of the molecule is CN(CC(O)C1CC1)C(=O)C1CCCn2ccnc21. The van der Waals surface area contributed by atoms with Crippen LogP contribution >= 0.6 is 0 Å². The molecule has 0 bridgehead atoms. The number of aliphatic hydroxyl groups excluding tert-OH is 1. The second-order valence-electron chi connectivity index (χ2n) is 5.80. The number of carbonyl (C=O) groups is 1. The molecule has 0 aromatic carbocycles. The maximum absolute atomic E-state index is 12.5. The van der Waals surface area contributed by atoms with Crippen LogP contribution in [0.15, 0.2) is 12.4 Å². The molecular formula is C14H21N3O2. The summed E-state index contributed by atoms with van der Waals surface area (Å²) in [6.45, 7) is 1.40. The summed E-state index contributed by atoms with van der Waals surface area (Å²) >= 11 is 0. The number of aromatic nitrogens is 2. The summed E-state index contributed by atoms with van der Waals surface area (Å²) in [6.07, 6.45) is 7.40. The highest BCUT2D eigenvalue weighted by molar-refractivity contribution is 5.82. The van der Waals surface area contributed by atoms with Crippen LogP contribution in [0.2, 0.25) is 0 Å². The minimum Gasteiger partial charge on any atom is -0.391 e. The number of hydrogen-bond acceptors (Lipinski definition) is 3. The zero-order chi connectivity index (χ0) is 13.4. The summed E-state index contributed by atoms with van der Waals surface area (Å²) in [7, 11) is 1.79. The van der Waals surface area contributed by atoms with E-state index in [9.17, 15) is 9.90 Å². The van der Waals surface area contributed by atoms with Gasteiger partial charge in [-0.3, -0.25) is 4.79 Å². The maximum Gasteiger partial charge on any atom is 0.233 e. The van der Waals surface area contributed by atoms with Gasteiger partial charge in [-0.05, 0) is 31.6 Å². The van der Waals surface area contributed by atoms with E-state index in [0.717, 1.165) is 38.1 Å². The highest BCUT2D eigenvalue weighted by atomic mass is 16.3. The average molecular weight is 263 g/mol. The topological polar surface area (TPSA) is 58.4 Å². The van der Waals surface area contributed by atoms with Crippen molar-refractivity contribution in [3.8, 4) is 0 Å².